The van der Waals surface area contributed by atoms with E-state index in [4.69, 9.17) is 4.74 Å². The van der Waals surface area contributed by atoms with Crippen LogP contribution in [0.4, 0.5) is 5.69 Å². The van der Waals surface area contributed by atoms with Crippen LogP contribution in [0.2, 0.25) is 0 Å². The minimum atomic E-state index is -3.73. The molecule has 0 atom stereocenters. The first kappa shape index (κ1) is 17.9. The number of nitrogens with one attached hydrogen (secondary N) is 1. The van der Waals surface area contributed by atoms with Crippen LogP contribution in [0.15, 0.2) is 53.4 Å². The molecule has 0 aliphatic heterocycles. The standard InChI is InChI=1S/C16H18N2O5S/c1-12(2)23-15-7-3-13(4-8-15)11-17-24(21,22)16-9-5-14(6-10-16)18(19)20/h3-10,12,17H,11H2,1-2H3. The van der Waals surface area contributed by atoms with Gasteiger partial charge in [0.1, 0.15) is 5.75 Å². The third-order valence-corrected chi connectivity index (χ3v) is 4.54. The molecule has 0 radical (unpaired) electrons. The summed E-state index contributed by atoms with van der Waals surface area (Å²) >= 11 is 0. The van der Waals surface area contributed by atoms with Crippen molar-refractivity contribution in [1.82, 2.24) is 4.72 Å². The first-order chi connectivity index (χ1) is 11.3. The highest BCUT2D eigenvalue weighted by molar-refractivity contribution is 7.89. The number of sulfonamides is 1. The van der Waals surface area contributed by atoms with Crippen LogP contribution in [-0.4, -0.2) is 19.4 Å². The lowest BCUT2D eigenvalue weighted by atomic mass is 10.2. The van der Waals surface area contributed by atoms with E-state index in [1.165, 1.54) is 12.1 Å². The van der Waals surface area contributed by atoms with Crippen LogP contribution < -0.4 is 9.46 Å². The molecule has 0 amide bonds. The van der Waals surface area contributed by atoms with Crippen molar-refractivity contribution >= 4 is 15.7 Å². The molecule has 0 unspecified atom stereocenters. The summed E-state index contributed by atoms with van der Waals surface area (Å²) in [6.07, 6.45) is 0.0662. The van der Waals surface area contributed by atoms with E-state index in [-0.39, 0.29) is 23.2 Å². The van der Waals surface area contributed by atoms with Crippen LogP contribution in [-0.2, 0) is 16.6 Å². The van der Waals surface area contributed by atoms with Gasteiger partial charge in [-0.3, -0.25) is 10.1 Å². The molecule has 0 saturated heterocycles. The molecule has 2 rings (SSSR count). The molecule has 128 valence electrons. The number of ether oxygens (including phenoxy) is 1. The number of non-ortho nitro benzene ring substituents is 1. The van der Waals surface area contributed by atoms with Crippen molar-refractivity contribution in [2.45, 2.75) is 31.4 Å². The lowest BCUT2D eigenvalue weighted by Crippen LogP contribution is -2.23. The fourth-order valence-electron chi connectivity index (χ4n) is 1.97. The smallest absolute Gasteiger partial charge is 0.269 e. The molecular formula is C16H18N2O5S. The molecule has 0 aliphatic rings. The van der Waals surface area contributed by atoms with Crippen molar-refractivity contribution in [2.24, 2.45) is 0 Å². The van der Waals surface area contributed by atoms with Gasteiger partial charge in [0.05, 0.1) is 15.9 Å². The summed E-state index contributed by atoms with van der Waals surface area (Å²) in [7, 11) is -3.73. The maximum absolute atomic E-state index is 12.2. The lowest BCUT2D eigenvalue weighted by molar-refractivity contribution is -0.384. The summed E-state index contributed by atoms with van der Waals surface area (Å²) in [5.74, 6) is 0.715. The fraction of sp³-hybridized carbons (Fsp3) is 0.250. The predicted molar refractivity (Wildman–Crippen MR) is 89.3 cm³/mol. The molecule has 0 bridgehead atoms. The van der Waals surface area contributed by atoms with Crippen molar-refractivity contribution in [3.8, 4) is 5.75 Å². The van der Waals surface area contributed by atoms with E-state index in [1.54, 1.807) is 24.3 Å². The molecule has 7 nitrogen and oxygen atoms in total. The highest BCUT2D eigenvalue weighted by Crippen LogP contribution is 2.17. The molecule has 2 aromatic rings. The highest BCUT2D eigenvalue weighted by atomic mass is 32.2. The van der Waals surface area contributed by atoms with Crippen LogP contribution in [0.1, 0.15) is 19.4 Å². The van der Waals surface area contributed by atoms with Gasteiger partial charge in [-0.2, -0.15) is 0 Å². The Kier molecular flexibility index (Phi) is 5.53. The van der Waals surface area contributed by atoms with Gasteiger partial charge < -0.3 is 4.74 Å². The number of nitrogens with zero attached hydrogens (tertiary/aromatic N) is 1. The van der Waals surface area contributed by atoms with Crippen LogP contribution in [0.25, 0.3) is 0 Å². The number of nitro groups is 1. The molecule has 0 heterocycles. The van der Waals surface area contributed by atoms with Crippen molar-refractivity contribution in [3.05, 3.63) is 64.2 Å². The Morgan fingerprint density at radius 1 is 1.08 bits per heavy atom. The molecule has 0 saturated carbocycles. The Hall–Kier alpha value is -2.45. The maximum Gasteiger partial charge on any atom is 0.269 e. The van der Waals surface area contributed by atoms with E-state index < -0.39 is 14.9 Å². The van der Waals surface area contributed by atoms with Gasteiger partial charge >= 0.3 is 0 Å². The minimum absolute atomic E-state index is 0.0205. The van der Waals surface area contributed by atoms with E-state index in [9.17, 15) is 18.5 Å². The van der Waals surface area contributed by atoms with Gasteiger partial charge in [0.25, 0.3) is 5.69 Å². The second-order valence-corrected chi connectivity index (χ2v) is 7.15. The van der Waals surface area contributed by atoms with E-state index >= 15 is 0 Å². The molecule has 8 heteroatoms. The quantitative estimate of drug-likeness (QED) is 0.611. The Labute approximate surface area is 140 Å². The Morgan fingerprint density at radius 3 is 2.17 bits per heavy atom. The monoisotopic (exact) mass is 350 g/mol. The molecule has 24 heavy (non-hydrogen) atoms. The van der Waals surface area contributed by atoms with Crippen molar-refractivity contribution in [1.29, 1.82) is 0 Å². The molecule has 0 spiro atoms. The van der Waals surface area contributed by atoms with Gasteiger partial charge in [0, 0.05) is 18.7 Å². The molecule has 1 N–H and O–H groups in total. The summed E-state index contributed by atoms with van der Waals surface area (Å²) in [5, 5.41) is 10.6. The minimum Gasteiger partial charge on any atom is -0.491 e. The Balaban J connectivity index is 2.03. The third kappa shape index (κ3) is 4.77. The number of hydrogen-bond donors (Lipinski definition) is 1. The summed E-state index contributed by atoms with van der Waals surface area (Å²) in [5.41, 5.74) is 0.617. The highest BCUT2D eigenvalue weighted by Gasteiger charge is 2.15. The zero-order valence-electron chi connectivity index (χ0n) is 13.3. The van der Waals surface area contributed by atoms with Crippen LogP contribution in [0, 0.1) is 10.1 Å². The number of hydrogen-bond acceptors (Lipinski definition) is 5. The number of benzene rings is 2. The zero-order valence-corrected chi connectivity index (χ0v) is 14.1. The van der Waals surface area contributed by atoms with Gasteiger partial charge in [0.15, 0.2) is 0 Å². The van der Waals surface area contributed by atoms with Crippen molar-refractivity contribution < 1.29 is 18.1 Å². The van der Waals surface area contributed by atoms with Crippen LogP contribution in [0.5, 0.6) is 5.75 Å². The first-order valence-electron chi connectivity index (χ1n) is 7.27. The van der Waals surface area contributed by atoms with Crippen molar-refractivity contribution in [2.75, 3.05) is 0 Å². The third-order valence-electron chi connectivity index (χ3n) is 3.12. The number of nitro benzene ring substituents is 1. The summed E-state index contributed by atoms with van der Waals surface area (Å²) in [6, 6.07) is 11.8. The molecule has 2 aromatic carbocycles. The number of rotatable bonds is 7. The average molecular weight is 350 g/mol. The van der Waals surface area contributed by atoms with E-state index in [2.05, 4.69) is 4.72 Å². The van der Waals surface area contributed by atoms with Gasteiger partial charge in [-0.15, -0.1) is 0 Å². The van der Waals surface area contributed by atoms with Gasteiger partial charge in [-0.25, -0.2) is 13.1 Å². The zero-order chi connectivity index (χ0) is 17.7. The average Bonchev–Trinajstić information content (AvgIpc) is 2.54. The maximum atomic E-state index is 12.2. The van der Waals surface area contributed by atoms with E-state index in [1.807, 2.05) is 13.8 Å². The van der Waals surface area contributed by atoms with E-state index in [0.717, 1.165) is 17.7 Å². The van der Waals surface area contributed by atoms with Crippen LogP contribution >= 0.6 is 0 Å². The Bertz CT molecular complexity index is 799. The van der Waals surface area contributed by atoms with Gasteiger partial charge in [-0.05, 0) is 43.7 Å². The fourth-order valence-corrected chi connectivity index (χ4v) is 2.98. The van der Waals surface area contributed by atoms with E-state index in [0.29, 0.717) is 5.75 Å². The van der Waals surface area contributed by atoms with Gasteiger partial charge in [-0.1, -0.05) is 12.1 Å². The SMILES string of the molecule is CC(C)Oc1ccc(CNS(=O)(=O)c2ccc([N+](=O)[O-])cc2)cc1. The van der Waals surface area contributed by atoms with Gasteiger partial charge in [0.2, 0.25) is 10.0 Å². The second-order valence-electron chi connectivity index (χ2n) is 5.39. The molecular weight excluding hydrogens is 332 g/mol. The summed E-state index contributed by atoms with van der Waals surface area (Å²) < 4.78 is 32.4. The Morgan fingerprint density at radius 2 is 1.67 bits per heavy atom. The second kappa shape index (κ2) is 7.41. The largest absolute Gasteiger partial charge is 0.491 e. The predicted octanol–water partition coefficient (Wildman–Crippen LogP) is 2.86. The molecule has 0 aromatic heterocycles. The first-order valence-corrected chi connectivity index (χ1v) is 8.76. The van der Waals surface area contributed by atoms with Crippen molar-refractivity contribution in [3.63, 3.8) is 0 Å². The topological polar surface area (TPSA) is 98.5 Å². The molecule has 0 aliphatic carbocycles. The lowest BCUT2D eigenvalue weighted by Gasteiger charge is -2.10. The summed E-state index contributed by atoms with van der Waals surface area (Å²) in [6.45, 7) is 3.96. The summed E-state index contributed by atoms with van der Waals surface area (Å²) in [4.78, 5) is 10.00. The van der Waals surface area contributed by atoms with Crippen LogP contribution in [0.3, 0.4) is 0 Å². The normalized spacial score (nSPS) is 11.5. The molecule has 0 fully saturated rings.